The van der Waals surface area contributed by atoms with E-state index in [1.165, 1.54) is 38.1 Å². The first-order valence-corrected chi connectivity index (χ1v) is 5.17. The molecule has 0 bridgehead atoms. The van der Waals surface area contributed by atoms with E-state index in [2.05, 4.69) is 0 Å². The van der Waals surface area contributed by atoms with Crippen LogP contribution in [-0.2, 0) is 0 Å². The summed E-state index contributed by atoms with van der Waals surface area (Å²) in [7, 11) is 0. The Labute approximate surface area is 99.3 Å². The molecule has 0 aliphatic heterocycles. The Bertz CT molecular complexity index is 375. The average molecular weight is 240 g/mol. The van der Waals surface area contributed by atoms with Crippen molar-refractivity contribution in [2.75, 3.05) is 6.61 Å². The molecular formula is C12H16O5. The van der Waals surface area contributed by atoms with Gasteiger partial charge in [-0.25, -0.2) is 0 Å². The molecule has 0 unspecified atom stereocenters. The fourth-order valence-electron chi connectivity index (χ4n) is 1.23. The van der Waals surface area contributed by atoms with Crippen molar-refractivity contribution in [1.82, 2.24) is 0 Å². The van der Waals surface area contributed by atoms with Gasteiger partial charge in [0.15, 0.2) is 12.1 Å². The SMILES string of the molecule is CC(C)(O)C(=O)c1ccc(OCC(O)O)cc1. The Balaban J connectivity index is 2.71. The van der Waals surface area contributed by atoms with Crippen molar-refractivity contribution in [3.63, 3.8) is 0 Å². The van der Waals surface area contributed by atoms with Gasteiger partial charge in [-0.2, -0.15) is 0 Å². The molecule has 0 spiro atoms. The number of aliphatic hydroxyl groups is 3. The van der Waals surface area contributed by atoms with Gasteiger partial charge in [0.05, 0.1) is 0 Å². The van der Waals surface area contributed by atoms with Crippen LogP contribution in [0.5, 0.6) is 5.75 Å². The highest BCUT2D eigenvalue weighted by molar-refractivity contribution is 6.01. The molecule has 1 aromatic rings. The Morgan fingerprint density at radius 1 is 1.29 bits per heavy atom. The van der Waals surface area contributed by atoms with E-state index < -0.39 is 11.9 Å². The van der Waals surface area contributed by atoms with Gasteiger partial charge < -0.3 is 20.1 Å². The highest BCUT2D eigenvalue weighted by atomic mass is 16.5. The molecule has 94 valence electrons. The molecule has 1 rings (SSSR count). The van der Waals surface area contributed by atoms with Crippen LogP contribution in [0.1, 0.15) is 24.2 Å². The highest BCUT2D eigenvalue weighted by Gasteiger charge is 2.24. The average Bonchev–Trinajstić information content (AvgIpc) is 2.25. The first-order valence-electron chi connectivity index (χ1n) is 5.17. The molecule has 0 fully saturated rings. The molecule has 0 atom stereocenters. The standard InChI is InChI=1S/C12H16O5/c1-12(2,16)11(15)8-3-5-9(6-4-8)17-7-10(13)14/h3-6,10,13-14,16H,7H2,1-2H3. The molecule has 0 amide bonds. The number of rotatable bonds is 5. The zero-order chi connectivity index (χ0) is 13.1. The van der Waals surface area contributed by atoms with Gasteiger partial charge in [-0.1, -0.05) is 0 Å². The van der Waals surface area contributed by atoms with E-state index in [1.54, 1.807) is 0 Å². The molecule has 0 aromatic heterocycles. The topological polar surface area (TPSA) is 87.0 Å². The summed E-state index contributed by atoms with van der Waals surface area (Å²) < 4.78 is 5.01. The minimum absolute atomic E-state index is 0.237. The molecule has 17 heavy (non-hydrogen) atoms. The number of carbonyl (C=O) groups is 1. The molecule has 0 aliphatic carbocycles. The quantitative estimate of drug-likeness (QED) is 0.510. The van der Waals surface area contributed by atoms with E-state index in [9.17, 15) is 9.90 Å². The second-order valence-corrected chi connectivity index (χ2v) is 4.20. The fraction of sp³-hybridized carbons (Fsp3) is 0.417. The largest absolute Gasteiger partial charge is 0.488 e. The van der Waals surface area contributed by atoms with Crippen molar-refractivity contribution in [2.24, 2.45) is 0 Å². The van der Waals surface area contributed by atoms with Gasteiger partial charge in [0.1, 0.15) is 18.0 Å². The van der Waals surface area contributed by atoms with Crippen LogP contribution in [0.4, 0.5) is 0 Å². The van der Waals surface area contributed by atoms with Gasteiger partial charge in [-0.05, 0) is 38.1 Å². The number of Topliss-reactive ketones (excluding diaryl/α,β-unsaturated/α-hetero) is 1. The molecule has 0 aliphatic rings. The third kappa shape index (κ3) is 4.14. The third-order valence-electron chi connectivity index (χ3n) is 2.07. The maximum absolute atomic E-state index is 11.7. The number of hydrogen-bond donors (Lipinski definition) is 3. The Kier molecular flexibility index (Phi) is 4.22. The van der Waals surface area contributed by atoms with Gasteiger partial charge in [0.25, 0.3) is 0 Å². The monoisotopic (exact) mass is 240 g/mol. The van der Waals surface area contributed by atoms with Crippen molar-refractivity contribution >= 4 is 5.78 Å². The number of carbonyl (C=O) groups excluding carboxylic acids is 1. The van der Waals surface area contributed by atoms with E-state index >= 15 is 0 Å². The molecular weight excluding hydrogens is 224 g/mol. The van der Waals surface area contributed by atoms with E-state index in [4.69, 9.17) is 14.9 Å². The minimum Gasteiger partial charge on any atom is -0.488 e. The smallest absolute Gasteiger partial charge is 0.193 e. The lowest BCUT2D eigenvalue weighted by molar-refractivity contribution is -0.0680. The van der Waals surface area contributed by atoms with Crippen LogP contribution < -0.4 is 4.74 Å². The maximum Gasteiger partial charge on any atom is 0.193 e. The summed E-state index contributed by atoms with van der Waals surface area (Å²) in [5.41, 5.74) is -1.04. The lowest BCUT2D eigenvalue weighted by Gasteiger charge is -2.15. The number of hydrogen-bond acceptors (Lipinski definition) is 5. The van der Waals surface area contributed by atoms with Gasteiger partial charge in [-0.3, -0.25) is 4.79 Å². The van der Waals surface area contributed by atoms with Crippen LogP contribution in [-0.4, -0.2) is 39.6 Å². The van der Waals surface area contributed by atoms with E-state index in [1.807, 2.05) is 0 Å². The summed E-state index contributed by atoms with van der Waals surface area (Å²) >= 11 is 0. The zero-order valence-corrected chi connectivity index (χ0v) is 9.75. The summed E-state index contributed by atoms with van der Waals surface area (Å²) in [5.74, 6) is 0.0386. The Morgan fingerprint density at radius 3 is 2.24 bits per heavy atom. The summed E-state index contributed by atoms with van der Waals surface area (Å²) in [6, 6.07) is 6.08. The molecule has 3 N–H and O–H groups in total. The van der Waals surface area contributed by atoms with Crippen LogP contribution >= 0.6 is 0 Å². The first kappa shape index (κ1) is 13.6. The number of benzene rings is 1. The molecule has 1 aromatic carbocycles. The van der Waals surface area contributed by atoms with E-state index in [0.29, 0.717) is 11.3 Å². The maximum atomic E-state index is 11.7. The van der Waals surface area contributed by atoms with Gasteiger partial charge >= 0.3 is 0 Å². The molecule has 5 nitrogen and oxygen atoms in total. The van der Waals surface area contributed by atoms with Crippen LogP contribution in [0, 0.1) is 0 Å². The van der Waals surface area contributed by atoms with Gasteiger partial charge in [0, 0.05) is 5.56 Å². The Hall–Kier alpha value is -1.43. The van der Waals surface area contributed by atoms with Crippen molar-refractivity contribution in [2.45, 2.75) is 25.7 Å². The van der Waals surface area contributed by atoms with E-state index in [0.717, 1.165) is 0 Å². The third-order valence-corrected chi connectivity index (χ3v) is 2.07. The predicted molar refractivity (Wildman–Crippen MR) is 60.8 cm³/mol. The Morgan fingerprint density at radius 2 is 1.82 bits per heavy atom. The molecule has 0 saturated carbocycles. The molecule has 5 heteroatoms. The normalized spacial score (nSPS) is 11.6. The van der Waals surface area contributed by atoms with E-state index in [-0.39, 0.29) is 12.4 Å². The van der Waals surface area contributed by atoms with Crippen LogP contribution in [0.2, 0.25) is 0 Å². The summed E-state index contributed by atoms with van der Waals surface area (Å²) in [6.45, 7) is 2.60. The van der Waals surface area contributed by atoms with Crippen molar-refractivity contribution in [3.8, 4) is 5.75 Å². The number of ketones is 1. The summed E-state index contributed by atoms with van der Waals surface area (Å²) in [6.07, 6.45) is -1.53. The lowest BCUT2D eigenvalue weighted by atomic mass is 9.97. The zero-order valence-electron chi connectivity index (χ0n) is 9.75. The second kappa shape index (κ2) is 5.27. The van der Waals surface area contributed by atoms with Gasteiger partial charge in [0.2, 0.25) is 0 Å². The lowest BCUT2D eigenvalue weighted by Crippen LogP contribution is -2.30. The van der Waals surface area contributed by atoms with Gasteiger partial charge in [-0.15, -0.1) is 0 Å². The summed E-state index contributed by atoms with van der Waals surface area (Å²) in [4.78, 5) is 11.7. The second-order valence-electron chi connectivity index (χ2n) is 4.20. The van der Waals surface area contributed by atoms with Crippen molar-refractivity contribution in [1.29, 1.82) is 0 Å². The van der Waals surface area contributed by atoms with Crippen LogP contribution in [0.3, 0.4) is 0 Å². The predicted octanol–water partition coefficient (Wildman–Crippen LogP) is 0.330. The highest BCUT2D eigenvalue weighted by Crippen LogP contribution is 2.17. The molecule has 0 radical (unpaired) electrons. The van der Waals surface area contributed by atoms with Crippen LogP contribution in [0.15, 0.2) is 24.3 Å². The van der Waals surface area contributed by atoms with Crippen molar-refractivity contribution < 1.29 is 24.9 Å². The minimum atomic E-state index is -1.53. The first-order chi connectivity index (χ1) is 7.80. The molecule has 0 saturated heterocycles. The van der Waals surface area contributed by atoms with Crippen molar-refractivity contribution in [3.05, 3.63) is 29.8 Å². The van der Waals surface area contributed by atoms with Crippen LogP contribution in [0.25, 0.3) is 0 Å². The number of ether oxygens (including phenoxy) is 1. The molecule has 0 heterocycles. The number of aliphatic hydroxyl groups excluding tert-OH is 1. The fourth-order valence-corrected chi connectivity index (χ4v) is 1.23. The summed E-state index contributed by atoms with van der Waals surface area (Å²) in [5, 5.41) is 26.8.